The van der Waals surface area contributed by atoms with Crippen LogP contribution in [0.5, 0.6) is 11.5 Å². The van der Waals surface area contributed by atoms with Crippen LogP contribution in [0.25, 0.3) is 0 Å². The summed E-state index contributed by atoms with van der Waals surface area (Å²) in [6.45, 7) is 0.453. The van der Waals surface area contributed by atoms with Gasteiger partial charge in [0.15, 0.2) is 5.84 Å². The summed E-state index contributed by atoms with van der Waals surface area (Å²) in [5, 5.41) is 30.9. The average Bonchev–Trinajstić information content (AvgIpc) is 2.48. The maximum absolute atomic E-state index is 12.5. The lowest BCUT2D eigenvalue weighted by molar-refractivity contribution is 0.0673. The lowest BCUT2D eigenvalue weighted by Gasteiger charge is -2.34. The van der Waals surface area contributed by atoms with Gasteiger partial charge in [0.25, 0.3) is 5.91 Å². The molecular formula is C13H17N3O4. The standard InChI is InChI=1S/C13H17N3O4/c14-12(15-20)10-3-1-2-6-16(10)13(19)9-7-8(17)4-5-11(9)18/h4-5,7,10,17-18,20H,1-3,6H2,(H2,14,15). The van der Waals surface area contributed by atoms with Crippen molar-refractivity contribution in [1.29, 1.82) is 0 Å². The number of phenolic OH excluding ortho intramolecular Hbond substituents is 2. The number of rotatable bonds is 2. The number of likely N-dealkylation sites (tertiary alicyclic amines) is 1. The van der Waals surface area contributed by atoms with Crippen molar-refractivity contribution in [2.45, 2.75) is 25.3 Å². The third-order valence-corrected chi connectivity index (χ3v) is 3.43. The fourth-order valence-corrected chi connectivity index (χ4v) is 2.40. The number of benzene rings is 1. The topological polar surface area (TPSA) is 119 Å². The van der Waals surface area contributed by atoms with Gasteiger partial charge in [-0.3, -0.25) is 4.79 Å². The van der Waals surface area contributed by atoms with E-state index < -0.39 is 11.9 Å². The monoisotopic (exact) mass is 279 g/mol. The molecule has 108 valence electrons. The highest BCUT2D eigenvalue weighted by molar-refractivity contribution is 6.00. The van der Waals surface area contributed by atoms with Gasteiger partial charge in [-0.2, -0.15) is 0 Å². The second-order valence-electron chi connectivity index (χ2n) is 4.74. The largest absolute Gasteiger partial charge is 0.508 e. The molecule has 1 unspecified atom stereocenters. The Morgan fingerprint density at radius 1 is 1.35 bits per heavy atom. The zero-order valence-corrected chi connectivity index (χ0v) is 10.9. The van der Waals surface area contributed by atoms with Crippen LogP contribution < -0.4 is 5.73 Å². The van der Waals surface area contributed by atoms with E-state index in [2.05, 4.69) is 5.16 Å². The molecule has 1 saturated heterocycles. The van der Waals surface area contributed by atoms with E-state index in [1.54, 1.807) is 0 Å². The third-order valence-electron chi connectivity index (χ3n) is 3.43. The summed E-state index contributed by atoms with van der Waals surface area (Å²) in [4.78, 5) is 13.9. The second-order valence-corrected chi connectivity index (χ2v) is 4.74. The third kappa shape index (κ3) is 2.61. The van der Waals surface area contributed by atoms with Crippen LogP contribution in [0, 0.1) is 0 Å². The lowest BCUT2D eigenvalue weighted by Crippen LogP contribution is -2.50. The van der Waals surface area contributed by atoms with Crippen molar-refractivity contribution in [3.05, 3.63) is 23.8 Å². The second kappa shape index (κ2) is 5.68. The fraction of sp³-hybridized carbons (Fsp3) is 0.385. The number of aromatic hydroxyl groups is 2. The molecule has 2 rings (SSSR count). The van der Waals surface area contributed by atoms with E-state index in [4.69, 9.17) is 10.9 Å². The zero-order chi connectivity index (χ0) is 14.7. The predicted molar refractivity (Wildman–Crippen MR) is 71.9 cm³/mol. The van der Waals surface area contributed by atoms with Gasteiger partial charge in [-0.05, 0) is 37.5 Å². The number of nitrogens with two attached hydrogens (primary N) is 1. The first-order valence-corrected chi connectivity index (χ1v) is 6.35. The number of piperidine rings is 1. The van der Waals surface area contributed by atoms with E-state index in [-0.39, 0.29) is 22.9 Å². The van der Waals surface area contributed by atoms with E-state index in [1.165, 1.54) is 23.1 Å². The van der Waals surface area contributed by atoms with E-state index in [9.17, 15) is 15.0 Å². The minimum atomic E-state index is -0.497. The molecule has 0 aliphatic carbocycles. The summed E-state index contributed by atoms with van der Waals surface area (Å²) >= 11 is 0. The number of amides is 1. The number of hydrogen-bond acceptors (Lipinski definition) is 5. The number of nitrogens with zero attached hydrogens (tertiary/aromatic N) is 2. The highest BCUT2D eigenvalue weighted by Gasteiger charge is 2.31. The van der Waals surface area contributed by atoms with Crippen molar-refractivity contribution in [1.82, 2.24) is 4.90 Å². The number of carbonyl (C=O) groups excluding carboxylic acids is 1. The number of phenols is 2. The molecule has 1 amide bonds. The summed E-state index contributed by atoms with van der Waals surface area (Å²) in [5.41, 5.74) is 5.62. The minimum absolute atomic E-state index is 0.00244. The molecule has 1 aliphatic heterocycles. The highest BCUT2D eigenvalue weighted by atomic mass is 16.4. The molecule has 1 atom stereocenters. The van der Waals surface area contributed by atoms with Crippen LogP contribution in [0.1, 0.15) is 29.6 Å². The normalized spacial score (nSPS) is 19.9. The van der Waals surface area contributed by atoms with Crippen LogP contribution in [0.4, 0.5) is 0 Å². The molecule has 1 fully saturated rings. The quantitative estimate of drug-likeness (QED) is 0.210. The first kappa shape index (κ1) is 14.0. The molecule has 1 aromatic carbocycles. The molecule has 1 aliphatic rings. The van der Waals surface area contributed by atoms with Crippen LogP contribution in [0.3, 0.4) is 0 Å². The molecule has 1 heterocycles. The van der Waals surface area contributed by atoms with Crippen molar-refractivity contribution in [2.24, 2.45) is 10.9 Å². The number of hydrogen-bond donors (Lipinski definition) is 4. The fourth-order valence-electron chi connectivity index (χ4n) is 2.40. The molecule has 0 bridgehead atoms. The summed E-state index contributed by atoms with van der Waals surface area (Å²) in [6, 6.07) is 3.26. The van der Waals surface area contributed by atoms with E-state index >= 15 is 0 Å². The number of carbonyl (C=O) groups is 1. The average molecular weight is 279 g/mol. The Morgan fingerprint density at radius 2 is 2.10 bits per heavy atom. The summed E-state index contributed by atoms with van der Waals surface area (Å²) in [6.07, 6.45) is 2.28. The van der Waals surface area contributed by atoms with Crippen molar-refractivity contribution in [3.8, 4) is 11.5 Å². The molecule has 5 N–H and O–H groups in total. The van der Waals surface area contributed by atoms with Crippen LogP contribution in [0.2, 0.25) is 0 Å². The lowest BCUT2D eigenvalue weighted by atomic mass is 9.99. The maximum Gasteiger partial charge on any atom is 0.258 e. The van der Waals surface area contributed by atoms with Gasteiger partial charge in [0, 0.05) is 6.54 Å². The Morgan fingerprint density at radius 3 is 2.80 bits per heavy atom. The molecular weight excluding hydrogens is 262 g/mol. The Labute approximate surface area is 115 Å². The first-order chi connectivity index (χ1) is 9.54. The molecule has 0 radical (unpaired) electrons. The number of amidine groups is 1. The van der Waals surface area contributed by atoms with Gasteiger partial charge < -0.3 is 26.1 Å². The van der Waals surface area contributed by atoms with Gasteiger partial charge >= 0.3 is 0 Å². The number of oxime groups is 1. The van der Waals surface area contributed by atoms with E-state index in [0.29, 0.717) is 13.0 Å². The first-order valence-electron chi connectivity index (χ1n) is 6.35. The van der Waals surface area contributed by atoms with Crippen LogP contribution in [-0.4, -0.2) is 44.6 Å². The van der Waals surface area contributed by atoms with Crippen molar-refractivity contribution in [3.63, 3.8) is 0 Å². The Balaban J connectivity index is 2.32. The van der Waals surface area contributed by atoms with Crippen LogP contribution >= 0.6 is 0 Å². The minimum Gasteiger partial charge on any atom is -0.508 e. The van der Waals surface area contributed by atoms with Gasteiger partial charge in [-0.15, -0.1) is 0 Å². The van der Waals surface area contributed by atoms with Crippen molar-refractivity contribution in [2.75, 3.05) is 6.54 Å². The van der Waals surface area contributed by atoms with Crippen molar-refractivity contribution >= 4 is 11.7 Å². The predicted octanol–water partition coefficient (Wildman–Crippen LogP) is 0.839. The summed E-state index contributed by atoms with van der Waals surface area (Å²) in [7, 11) is 0. The SMILES string of the molecule is N/C(=N/O)C1CCCCN1C(=O)c1cc(O)ccc1O. The smallest absolute Gasteiger partial charge is 0.258 e. The summed E-state index contributed by atoms with van der Waals surface area (Å²) in [5.74, 6) is -0.799. The van der Waals surface area contributed by atoms with Crippen molar-refractivity contribution < 1.29 is 20.2 Å². The molecule has 7 heteroatoms. The molecule has 0 spiro atoms. The highest BCUT2D eigenvalue weighted by Crippen LogP contribution is 2.26. The zero-order valence-electron chi connectivity index (χ0n) is 10.9. The maximum atomic E-state index is 12.5. The van der Waals surface area contributed by atoms with E-state index in [0.717, 1.165) is 12.8 Å². The molecule has 7 nitrogen and oxygen atoms in total. The van der Waals surface area contributed by atoms with Gasteiger partial charge in [0.2, 0.25) is 0 Å². The molecule has 20 heavy (non-hydrogen) atoms. The molecule has 0 aromatic heterocycles. The van der Waals surface area contributed by atoms with Gasteiger partial charge in [0.1, 0.15) is 11.5 Å². The molecule has 1 aromatic rings. The summed E-state index contributed by atoms with van der Waals surface area (Å²) < 4.78 is 0. The molecule has 0 saturated carbocycles. The Hall–Kier alpha value is -2.44. The van der Waals surface area contributed by atoms with Gasteiger partial charge in [-0.1, -0.05) is 5.16 Å². The van der Waals surface area contributed by atoms with Gasteiger partial charge in [0.05, 0.1) is 11.6 Å². The Bertz CT molecular complexity index is 544. The van der Waals surface area contributed by atoms with Gasteiger partial charge in [-0.25, -0.2) is 0 Å². The van der Waals surface area contributed by atoms with Crippen LogP contribution in [0.15, 0.2) is 23.4 Å². The van der Waals surface area contributed by atoms with Crippen LogP contribution in [-0.2, 0) is 0 Å². The Kier molecular flexibility index (Phi) is 3.97. The van der Waals surface area contributed by atoms with E-state index in [1.807, 2.05) is 0 Å².